The Morgan fingerprint density at radius 1 is 1.56 bits per heavy atom. The van der Waals surface area contributed by atoms with Gasteiger partial charge in [0.1, 0.15) is 0 Å². The van der Waals surface area contributed by atoms with E-state index in [0.717, 1.165) is 17.7 Å². The first-order chi connectivity index (χ1) is 8.45. The van der Waals surface area contributed by atoms with Crippen molar-refractivity contribution in [1.29, 1.82) is 0 Å². The number of nitrogens with zero attached hydrogens (tertiary/aromatic N) is 1. The van der Waals surface area contributed by atoms with Crippen molar-refractivity contribution in [3.8, 4) is 0 Å². The lowest BCUT2D eigenvalue weighted by Gasteiger charge is -2.13. The van der Waals surface area contributed by atoms with Crippen molar-refractivity contribution >= 4 is 11.8 Å². The molecule has 1 unspecified atom stereocenters. The predicted molar refractivity (Wildman–Crippen MR) is 74.6 cm³/mol. The van der Waals surface area contributed by atoms with E-state index in [-0.39, 0.29) is 16.7 Å². The standard InChI is InChI=1S/C14H20N2O2/c1-5-15-12(4)11(3)8-13-7-6-10(2)14(9-13)16(17)18/h6-9,12,15H,5H2,1-4H3/b11-8+. The minimum Gasteiger partial charge on any atom is -0.311 e. The number of nitrogens with one attached hydrogen (secondary N) is 1. The van der Waals surface area contributed by atoms with Crippen molar-refractivity contribution < 1.29 is 4.92 Å². The largest absolute Gasteiger partial charge is 0.311 e. The van der Waals surface area contributed by atoms with Gasteiger partial charge in [-0.1, -0.05) is 30.7 Å². The average molecular weight is 248 g/mol. The van der Waals surface area contributed by atoms with Gasteiger partial charge >= 0.3 is 0 Å². The van der Waals surface area contributed by atoms with Crippen LogP contribution in [0.15, 0.2) is 23.8 Å². The van der Waals surface area contributed by atoms with Gasteiger partial charge in [-0.25, -0.2) is 0 Å². The Bertz CT molecular complexity index is 467. The van der Waals surface area contributed by atoms with Gasteiger partial charge in [-0.3, -0.25) is 10.1 Å². The van der Waals surface area contributed by atoms with E-state index in [1.807, 2.05) is 19.1 Å². The van der Waals surface area contributed by atoms with E-state index in [2.05, 4.69) is 19.2 Å². The zero-order chi connectivity index (χ0) is 13.7. The van der Waals surface area contributed by atoms with Gasteiger partial charge in [0.05, 0.1) is 4.92 Å². The maximum absolute atomic E-state index is 10.9. The first kappa shape index (κ1) is 14.4. The summed E-state index contributed by atoms with van der Waals surface area (Å²) in [4.78, 5) is 10.5. The second kappa shape index (κ2) is 6.31. The molecular formula is C14H20N2O2. The van der Waals surface area contributed by atoms with Crippen LogP contribution < -0.4 is 5.32 Å². The molecule has 0 aliphatic heterocycles. The molecule has 0 aliphatic rings. The van der Waals surface area contributed by atoms with Crippen molar-refractivity contribution in [1.82, 2.24) is 5.32 Å². The third-order valence-electron chi connectivity index (χ3n) is 3.02. The molecule has 0 aromatic heterocycles. The third kappa shape index (κ3) is 3.67. The molecule has 1 N–H and O–H groups in total. The molecule has 0 heterocycles. The van der Waals surface area contributed by atoms with Crippen LogP contribution in [0.5, 0.6) is 0 Å². The smallest absolute Gasteiger partial charge is 0.272 e. The summed E-state index contributed by atoms with van der Waals surface area (Å²) in [7, 11) is 0. The van der Waals surface area contributed by atoms with Crippen LogP contribution in [-0.2, 0) is 0 Å². The molecule has 1 atom stereocenters. The number of benzene rings is 1. The molecule has 1 rings (SSSR count). The zero-order valence-electron chi connectivity index (χ0n) is 11.4. The normalized spacial score (nSPS) is 13.4. The van der Waals surface area contributed by atoms with Gasteiger partial charge in [-0.05, 0) is 32.9 Å². The molecule has 0 amide bonds. The molecule has 0 fully saturated rings. The molecule has 98 valence electrons. The Labute approximate surface area is 108 Å². The van der Waals surface area contributed by atoms with Crippen LogP contribution in [0.25, 0.3) is 6.08 Å². The molecule has 0 spiro atoms. The molecule has 0 saturated carbocycles. The van der Waals surface area contributed by atoms with Crippen LogP contribution in [0, 0.1) is 17.0 Å². The summed E-state index contributed by atoms with van der Waals surface area (Å²) in [5.74, 6) is 0. The highest BCUT2D eigenvalue weighted by atomic mass is 16.6. The van der Waals surface area contributed by atoms with Crippen molar-refractivity contribution in [2.75, 3.05) is 6.54 Å². The number of nitro groups is 1. The van der Waals surface area contributed by atoms with Gasteiger partial charge in [-0.2, -0.15) is 0 Å². The Morgan fingerprint density at radius 2 is 2.22 bits per heavy atom. The first-order valence-electron chi connectivity index (χ1n) is 6.12. The molecule has 1 aromatic carbocycles. The first-order valence-corrected chi connectivity index (χ1v) is 6.12. The van der Waals surface area contributed by atoms with Crippen molar-refractivity contribution in [2.45, 2.75) is 33.7 Å². The Kier molecular flexibility index (Phi) is 5.04. The van der Waals surface area contributed by atoms with Crippen molar-refractivity contribution in [3.63, 3.8) is 0 Å². The highest BCUT2D eigenvalue weighted by Gasteiger charge is 2.10. The predicted octanol–water partition coefficient (Wildman–Crippen LogP) is 3.30. The number of likely N-dealkylation sites (N-methyl/N-ethyl adjacent to an activating group) is 1. The van der Waals surface area contributed by atoms with Gasteiger partial charge in [-0.15, -0.1) is 0 Å². The molecule has 0 aliphatic carbocycles. The van der Waals surface area contributed by atoms with E-state index < -0.39 is 0 Å². The van der Waals surface area contributed by atoms with E-state index in [4.69, 9.17) is 0 Å². The summed E-state index contributed by atoms with van der Waals surface area (Å²) in [5, 5.41) is 14.2. The molecule has 1 aromatic rings. The molecule has 4 heteroatoms. The zero-order valence-corrected chi connectivity index (χ0v) is 11.4. The second-order valence-electron chi connectivity index (χ2n) is 4.47. The summed E-state index contributed by atoms with van der Waals surface area (Å²) in [5.41, 5.74) is 2.90. The maximum Gasteiger partial charge on any atom is 0.272 e. The van der Waals surface area contributed by atoms with Crippen LogP contribution in [0.1, 0.15) is 31.9 Å². The number of nitro benzene ring substituents is 1. The van der Waals surface area contributed by atoms with Gasteiger partial charge in [0.2, 0.25) is 0 Å². The fourth-order valence-corrected chi connectivity index (χ4v) is 1.77. The van der Waals surface area contributed by atoms with E-state index in [0.29, 0.717) is 5.56 Å². The van der Waals surface area contributed by atoms with E-state index in [1.165, 1.54) is 0 Å². The van der Waals surface area contributed by atoms with Crippen LogP contribution in [-0.4, -0.2) is 17.5 Å². The van der Waals surface area contributed by atoms with Crippen molar-refractivity contribution in [2.24, 2.45) is 0 Å². The highest BCUT2D eigenvalue weighted by molar-refractivity contribution is 5.58. The van der Waals surface area contributed by atoms with Crippen LogP contribution >= 0.6 is 0 Å². The summed E-state index contributed by atoms with van der Waals surface area (Å²) < 4.78 is 0. The quantitative estimate of drug-likeness (QED) is 0.642. The van der Waals surface area contributed by atoms with E-state index in [9.17, 15) is 10.1 Å². The highest BCUT2D eigenvalue weighted by Crippen LogP contribution is 2.21. The van der Waals surface area contributed by atoms with Gasteiger partial charge < -0.3 is 5.32 Å². The van der Waals surface area contributed by atoms with E-state index in [1.54, 1.807) is 19.1 Å². The topological polar surface area (TPSA) is 55.2 Å². The van der Waals surface area contributed by atoms with Crippen LogP contribution in [0.4, 0.5) is 5.69 Å². The summed E-state index contributed by atoms with van der Waals surface area (Å²) >= 11 is 0. The van der Waals surface area contributed by atoms with Crippen LogP contribution in [0.2, 0.25) is 0 Å². The van der Waals surface area contributed by atoms with E-state index >= 15 is 0 Å². The molecule has 4 nitrogen and oxygen atoms in total. The van der Waals surface area contributed by atoms with Gasteiger partial charge in [0.25, 0.3) is 5.69 Å². The Morgan fingerprint density at radius 3 is 2.78 bits per heavy atom. The Balaban J connectivity index is 3.01. The number of hydrogen-bond acceptors (Lipinski definition) is 3. The Hall–Kier alpha value is -1.68. The van der Waals surface area contributed by atoms with Crippen molar-refractivity contribution in [3.05, 3.63) is 45.0 Å². The number of rotatable bonds is 5. The molecule has 18 heavy (non-hydrogen) atoms. The fourth-order valence-electron chi connectivity index (χ4n) is 1.77. The molecule has 0 saturated heterocycles. The number of aryl methyl sites for hydroxylation is 1. The summed E-state index contributed by atoms with van der Waals surface area (Å²) in [6, 6.07) is 5.59. The summed E-state index contributed by atoms with van der Waals surface area (Å²) in [6.07, 6.45) is 1.99. The van der Waals surface area contributed by atoms with Gasteiger partial charge in [0, 0.05) is 17.7 Å². The SMILES string of the molecule is CCNC(C)/C(C)=C/c1ccc(C)c([N+](=O)[O-])c1. The molecular weight excluding hydrogens is 228 g/mol. The third-order valence-corrected chi connectivity index (χ3v) is 3.02. The second-order valence-corrected chi connectivity index (χ2v) is 4.47. The number of hydrogen-bond donors (Lipinski definition) is 1. The fraction of sp³-hybridized carbons (Fsp3) is 0.429. The lowest BCUT2D eigenvalue weighted by atomic mass is 10.0. The monoisotopic (exact) mass is 248 g/mol. The molecule has 0 bridgehead atoms. The summed E-state index contributed by atoms with van der Waals surface area (Å²) in [6.45, 7) is 8.82. The minimum absolute atomic E-state index is 0.174. The lowest BCUT2D eigenvalue weighted by Crippen LogP contribution is -2.26. The minimum atomic E-state index is -0.338. The maximum atomic E-state index is 10.9. The molecule has 0 radical (unpaired) electrons. The average Bonchev–Trinajstić information content (AvgIpc) is 2.31. The lowest BCUT2D eigenvalue weighted by molar-refractivity contribution is -0.385. The van der Waals surface area contributed by atoms with Crippen LogP contribution in [0.3, 0.4) is 0 Å². The van der Waals surface area contributed by atoms with Gasteiger partial charge in [0.15, 0.2) is 0 Å².